The van der Waals surface area contributed by atoms with Crippen molar-refractivity contribution in [3.8, 4) is 0 Å². The van der Waals surface area contributed by atoms with E-state index in [2.05, 4.69) is 32.3 Å². The predicted octanol–water partition coefficient (Wildman–Crippen LogP) is 1.86. The Kier molecular flexibility index (Phi) is 2.84. The van der Waals surface area contributed by atoms with E-state index in [9.17, 15) is 0 Å². The fourth-order valence-corrected chi connectivity index (χ4v) is 1.88. The fourth-order valence-electron chi connectivity index (χ4n) is 1.49. The molecular weight excluding hydrogens is 242 g/mol. The van der Waals surface area contributed by atoms with Crippen molar-refractivity contribution < 1.29 is 0 Å². The van der Waals surface area contributed by atoms with Crippen molar-refractivity contribution in [3.63, 3.8) is 0 Å². The van der Waals surface area contributed by atoms with Crippen molar-refractivity contribution in [2.45, 2.75) is 6.42 Å². The van der Waals surface area contributed by atoms with Gasteiger partial charge in [-0.05, 0) is 47.6 Å². The summed E-state index contributed by atoms with van der Waals surface area (Å²) in [6.45, 7) is 0.976. The van der Waals surface area contributed by atoms with E-state index in [4.69, 9.17) is 0 Å². The Morgan fingerprint density at radius 3 is 3.21 bits per heavy atom. The van der Waals surface area contributed by atoms with Gasteiger partial charge in [-0.25, -0.2) is 4.98 Å². The highest BCUT2D eigenvalue weighted by Crippen LogP contribution is 2.16. The first-order valence-electron chi connectivity index (χ1n) is 4.58. The van der Waals surface area contributed by atoms with Crippen LogP contribution in [0.2, 0.25) is 0 Å². The molecule has 0 radical (unpaired) electrons. The van der Waals surface area contributed by atoms with Gasteiger partial charge in [-0.3, -0.25) is 4.40 Å². The molecule has 0 fully saturated rings. The summed E-state index contributed by atoms with van der Waals surface area (Å²) in [6, 6.07) is 4.16. The summed E-state index contributed by atoms with van der Waals surface area (Å²) in [4.78, 5) is 4.36. The molecule has 0 spiro atoms. The van der Waals surface area contributed by atoms with E-state index in [1.807, 2.05) is 29.9 Å². The van der Waals surface area contributed by atoms with Crippen LogP contribution in [0.25, 0.3) is 5.65 Å². The standard InChI is InChI=1S/C10H12BrN3/c1-12-5-4-8-3-2-6-14-9(11)7-13-10(8)14/h2-3,6-7,12H,4-5H2,1H3. The van der Waals surface area contributed by atoms with Crippen LogP contribution >= 0.6 is 15.9 Å². The lowest BCUT2D eigenvalue weighted by Gasteiger charge is -2.03. The van der Waals surface area contributed by atoms with Crippen molar-refractivity contribution >= 4 is 21.6 Å². The smallest absolute Gasteiger partial charge is 0.140 e. The third-order valence-electron chi connectivity index (χ3n) is 2.22. The quantitative estimate of drug-likeness (QED) is 0.905. The molecule has 3 nitrogen and oxygen atoms in total. The molecule has 0 atom stereocenters. The van der Waals surface area contributed by atoms with Crippen molar-refractivity contribution in [1.82, 2.24) is 14.7 Å². The first kappa shape index (κ1) is 9.68. The minimum Gasteiger partial charge on any atom is -0.319 e. The van der Waals surface area contributed by atoms with Crippen molar-refractivity contribution in [2.75, 3.05) is 13.6 Å². The van der Waals surface area contributed by atoms with E-state index in [1.54, 1.807) is 0 Å². The van der Waals surface area contributed by atoms with Gasteiger partial charge in [0.15, 0.2) is 0 Å². The first-order chi connectivity index (χ1) is 6.83. The summed E-state index contributed by atoms with van der Waals surface area (Å²) in [7, 11) is 1.96. The monoisotopic (exact) mass is 253 g/mol. The van der Waals surface area contributed by atoms with E-state index in [0.717, 1.165) is 23.2 Å². The number of rotatable bonds is 3. The molecule has 0 aliphatic carbocycles. The van der Waals surface area contributed by atoms with E-state index in [0.29, 0.717) is 0 Å². The second-order valence-electron chi connectivity index (χ2n) is 3.16. The van der Waals surface area contributed by atoms with E-state index < -0.39 is 0 Å². The molecule has 2 aromatic heterocycles. The molecule has 1 N–H and O–H groups in total. The maximum Gasteiger partial charge on any atom is 0.140 e. The Hall–Kier alpha value is -0.870. The average molecular weight is 254 g/mol. The largest absolute Gasteiger partial charge is 0.319 e. The zero-order valence-corrected chi connectivity index (χ0v) is 9.58. The minimum atomic E-state index is 0.976. The Labute approximate surface area is 91.3 Å². The Morgan fingerprint density at radius 1 is 1.57 bits per heavy atom. The highest BCUT2D eigenvalue weighted by Gasteiger charge is 2.04. The molecule has 4 heteroatoms. The van der Waals surface area contributed by atoms with Crippen LogP contribution in [-0.2, 0) is 6.42 Å². The lowest BCUT2D eigenvalue weighted by atomic mass is 10.2. The molecule has 2 aromatic rings. The van der Waals surface area contributed by atoms with Crippen LogP contribution in [0.3, 0.4) is 0 Å². The molecule has 0 aliphatic heterocycles. The van der Waals surface area contributed by atoms with Gasteiger partial charge in [0.2, 0.25) is 0 Å². The maximum atomic E-state index is 4.36. The van der Waals surface area contributed by atoms with Crippen molar-refractivity contribution in [1.29, 1.82) is 0 Å². The van der Waals surface area contributed by atoms with Crippen LogP contribution in [0.1, 0.15) is 5.56 Å². The second-order valence-corrected chi connectivity index (χ2v) is 3.97. The third kappa shape index (κ3) is 1.67. The number of aromatic nitrogens is 2. The second kappa shape index (κ2) is 4.11. The summed E-state index contributed by atoms with van der Waals surface area (Å²) < 4.78 is 3.05. The number of nitrogens with zero attached hydrogens (tertiary/aromatic N) is 2. The van der Waals surface area contributed by atoms with Gasteiger partial charge in [0, 0.05) is 6.20 Å². The van der Waals surface area contributed by atoms with E-state index >= 15 is 0 Å². The first-order valence-corrected chi connectivity index (χ1v) is 5.37. The molecule has 0 bridgehead atoms. The summed E-state index contributed by atoms with van der Waals surface area (Å²) in [6.07, 6.45) is 4.85. The molecule has 2 rings (SSSR count). The zero-order chi connectivity index (χ0) is 9.97. The molecule has 0 unspecified atom stereocenters. The minimum absolute atomic E-state index is 0.976. The third-order valence-corrected chi connectivity index (χ3v) is 2.80. The summed E-state index contributed by atoms with van der Waals surface area (Å²) in [5.74, 6) is 0. The predicted molar refractivity (Wildman–Crippen MR) is 60.5 cm³/mol. The number of hydrogen-bond donors (Lipinski definition) is 1. The van der Waals surface area contributed by atoms with Gasteiger partial charge >= 0.3 is 0 Å². The maximum absolute atomic E-state index is 4.36. The highest BCUT2D eigenvalue weighted by atomic mass is 79.9. The molecule has 74 valence electrons. The van der Waals surface area contributed by atoms with Crippen LogP contribution in [0.15, 0.2) is 29.1 Å². The summed E-state index contributed by atoms with van der Waals surface area (Å²) >= 11 is 3.45. The lowest BCUT2D eigenvalue weighted by molar-refractivity contribution is 0.791. The topological polar surface area (TPSA) is 29.3 Å². The van der Waals surface area contributed by atoms with Crippen LogP contribution < -0.4 is 5.32 Å². The van der Waals surface area contributed by atoms with Gasteiger partial charge in [0.05, 0.1) is 6.20 Å². The molecule has 0 saturated carbocycles. The molecule has 0 saturated heterocycles. The molecule has 14 heavy (non-hydrogen) atoms. The number of halogens is 1. The Morgan fingerprint density at radius 2 is 2.43 bits per heavy atom. The van der Waals surface area contributed by atoms with E-state index in [1.165, 1.54) is 5.56 Å². The number of imidazole rings is 1. The number of fused-ring (bicyclic) bond motifs is 1. The van der Waals surface area contributed by atoms with Crippen molar-refractivity contribution in [2.24, 2.45) is 0 Å². The SMILES string of the molecule is CNCCc1cccn2c(Br)cnc12. The van der Waals surface area contributed by atoms with Gasteiger partial charge in [-0.2, -0.15) is 0 Å². The normalized spacial score (nSPS) is 11.0. The molecule has 2 heterocycles. The van der Waals surface area contributed by atoms with Gasteiger partial charge in [0.25, 0.3) is 0 Å². The van der Waals surface area contributed by atoms with Crippen LogP contribution in [0, 0.1) is 0 Å². The van der Waals surface area contributed by atoms with Gasteiger partial charge in [-0.1, -0.05) is 6.07 Å². The lowest BCUT2D eigenvalue weighted by Crippen LogP contribution is -2.10. The number of pyridine rings is 1. The number of hydrogen-bond acceptors (Lipinski definition) is 2. The van der Waals surface area contributed by atoms with Crippen LogP contribution in [0.4, 0.5) is 0 Å². The van der Waals surface area contributed by atoms with Gasteiger partial charge in [-0.15, -0.1) is 0 Å². The summed E-state index contributed by atoms with van der Waals surface area (Å²) in [5, 5.41) is 3.14. The Bertz CT molecular complexity index is 436. The molecular formula is C10H12BrN3. The average Bonchev–Trinajstić information content (AvgIpc) is 2.58. The molecule has 0 aliphatic rings. The number of nitrogens with one attached hydrogen (secondary N) is 1. The fraction of sp³-hybridized carbons (Fsp3) is 0.300. The molecule has 0 amide bonds. The van der Waals surface area contributed by atoms with Gasteiger partial charge < -0.3 is 5.32 Å². The van der Waals surface area contributed by atoms with Crippen molar-refractivity contribution in [3.05, 3.63) is 34.7 Å². The van der Waals surface area contributed by atoms with Crippen LogP contribution in [-0.4, -0.2) is 23.0 Å². The zero-order valence-electron chi connectivity index (χ0n) is 8.00. The summed E-state index contributed by atoms with van der Waals surface area (Å²) in [5.41, 5.74) is 2.31. The van der Waals surface area contributed by atoms with E-state index in [-0.39, 0.29) is 0 Å². The highest BCUT2D eigenvalue weighted by molar-refractivity contribution is 9.10. The number of likely N-dealkylation sites (N-methyl/N-ethyl adjacent to an activating group) is 1. The Balaban J connectivity index is 2.44. The van der Waals surface area contributed by atoms with Crippen LogP contribution in [0.5, 0.6) is 0 Å². The molecule has 0 aromatic carbocycles. The van der Waals surface area contributed by atoms with Gasteiger partial charge in [0.1, 0.15) is 10.3 Å².